The fourth-order valence-corrected chi connectivity index (χ4v) is 2.04. The molecule has 1 N–H and O–H groups in total. The van der Waals surface area contributed by atoms with E-state index >= 15 is 0 Å². The van der Waals surface area contributed by atoms with Crippen LogP contribution in [0, 0.1) is 6.92 Å². The van der Waals surface area contributed by atoms with Gasteiger partial charge in [-0.05, 0) is 19.1 Å². The van der Waals surface area contributed by atoms with Gasteiger partial charge in [0.15, 0.2) is 5.69 Å². The Morgan fingerprint density at radius 1 is 1.15 bits per heavy atom. The van der Waals surface area contributed by atoms with Crippen molar-refractivity contribution < 1.29 is 19.4 Å². The summed E-state index contributed by atoms with van der Waals surface area (Å²) < 4.78 is 10.6. The molecule has 0 unspecified atom stereocenters. The van der Waals surface area contributed by atoms with Crippen LogP contribution in [-0.2, 0) is 0 Å². The number of hydrogen-bond donors (Lipinski definition) is 1. The minimum absolute atomic E-state index is 0.115. The Balaban J connectivity index is 2.71. The molecule has 6 heteroatoms. The van der Waals surface area contributed by atoms with Gasteiger partial charge in [-0.3, -0.25) is 4.98 Å². The summed E-state index contributed by atoms with van der Waals surface area (Å²) >= 11 is 0. The highest BCUT2D eigenvalue weighted by molar-refractivity contribution is 5.93. The molecule has 0 aliphatic rings. The molecule has 0 saturated heterocycles. The number of carboxylic acids is 1. The number of nitrogens with zero attached hydrogens (tertiary/aromatic N) is 2. The molecule has 2 rings (SSSR count). The lowest BCUT2D eigenvalue weighted by atomic mass is 10.0. The Morgan fingerprint density at radius 3 is 2.45 bits per heavy atom. The molecule has 104 valence electrons. The lowest BCUT2D eigenvalue weighted by molar-refractivity contribution is 0.0691. The van der Waals surface area contributed by atoms with E-state index in [-0.39, 0.29) is 11.4 Å². The van der Waals surface area contributed by atoms with E-state index in [0.29, 0.717) is 17.1 Å². The first-order chi connectivity index (χ1) is 9.60. The van der Waals surface area contributed by atoms with E-state index < -0.39 is 5.97 Å². The third kappa shape index (κ3) is 2.27. The average Bonchev–Trinajstić information content (AvgIpc) is 2.46. The Hall–Kier alpha value is -2.63. The topological polar surface area (TPSA) is 81.5 Å². The molecule has 6 nitrogen and oxygen atoms in total. The van der Waals surface area contributed by atoms with Crippen LogP contribution in [0.3, 0.4) is 0 Å². The van der Waals surface area contributed by atoms with Gasteiger partial charge >= 0.3 is 5.97 Å². The number of carbonyl (C=O) groups is 1. The van der Waals surface area contributed by atoms with Crippen molar-refractivity contribution in [3.8, 4) is 22.8 Å². The molecule has 0 fully saturated rings. The van der Waals surface area contributed by atoms with Crippen molar-refractivity contribution in [2.24, 2.45) is 0 Å². The van der Waals surface area contributed by atoms with E-state index in [1.54, 1.807) is 19.2 Å². The number of benzene rings is 1. The normalized spacial score (nSPS) is 10.2. The molecule has 1 aromatic heterocycles. The van der Waals surface area contributed by atoms with Crippen molar-refractivity contribution >= 4 is 5.97 Å². The molecule has 0 bridgehead atoms. The summed E-state index contributed by atoms with van der Waals surface area (Å²) in [6.07, 6.45) is 2.79. The Kier molecular flexibility index (Phi) is 3.84. The lowest BCUT2D eigenvalue weighted by Gasteiger charge is -2.14. The van der Waals surface area contributed by atoms with E-state index in [0.717, 1.165) is 5.56 Å². The fourth-order valence-electron chi connectivity index (χ4n) is 2.04. The number of methoxy groups -OCH3 is 2. The highest BCUT2D eigenvalue weighted by Crippen LogP contribution is 2.37. The summed E-state index contributed by atoms with van der Waals surface area (Å²) in [6, 6.07) is 3.45. The Labute approximate surface area is 116 Å². The second kappa shape index (κ2) is 5.56. The molecule has 0 spiro atoms. The van der Waals surface area contributed by atoms with Crippen molar-refractivity contribution in [1.29, 1.82) is 0 Å². The van der Waals surface area contributed by atoms with Crippen molar-refractivity contribution in [1.82, 2.24) is 9.97 Å². The van der Waals surface area contributed by atoms with Gasteiger partial charge < -0.3 is 14.6 Å². The van der Waals surface area contributed by atoms with Gasteiger partial charge in [-0.1, -0.05) is 0 Å². The highest BCUT2D eigenvalue weighted by atomic mass is 16.5. The summed E-state index contributed by atoms with van der Waals surface area (Å²) in [4.78, 5) is 19.2. The quantitative estimate of drug-likeness (QED) is 0.920. The van der Waals surface area contributed by atoms with Gasteiger partial charge in [-0.15, -0.1) is 0 Å². The van der Waals surface area contributed by atoms with Crippen LogP contribution < -0.4 is 9.47 Å². The van der Waals surface area contributed by atoms with Gasteiger partial charge in [-0.25, -0.2) is 9.78 Å². The summed E-state index contributed by atoms with van der Waals surface area (Å²) in [5, 5.41) is 9.19. The number of aromatic carboxylic acids is 1. The Morgan fingerprint density at radius 2 is 1.85 bits per heavy atom. The minimum atomic E-state index is -1.14. The predicted octanol–water partition coefficient (Wildman–Crippen LogP) is 2.17. The zero-order chi connectivity index (χ0) is 14.7. The molecule has 1 aromatic carbocycles. The molecule has 0 atom stereocenters. The third-order valence-corrected chi connectivity index (χ3v) is 2.94. The fraction of sp³-hybridized carbons (Fsp3) is 0.214. The van der Waals surface area contributed by atoms with Crippen LogP contribution in [0.2, 0.25) is 0 Å². The second-order valence-electron chi connectivity index (χ2n) is 4.03. The average molecular weight is 274 g/mol. The predicted molar refractivity (Wildman–Crippen MR) is 72.3 cm³/mol. The zero-order valence-corrected chi connectivity index (χ0v) is 11.4. The van der Waals surface area contributed by atoms with Crippen molar-refractivity contribution in [3.05, 3.63) is 35.8 Å². The highest BCUT2D eigenvalue weighted by Gasteiger charge is 2.20. The van der Waals surface area contributed by atoms with Crippen molar-refractivity contribution in [2.45, 2.75) is 6.92 Å². The van der Waals surface area contributed by atoms with Gasteiger partial charge in [0.1, 0.15) is 17.2 Å². The number of rotatable bonds is 4. The van der Waals surface area contributed by atoms with E-state index in [4.69, 9.17) is 9.47 Å². The standard InChI is InChI=1S/C14H14N2O4/c1-8-10(19-2)5-4-9(13(8)20-3)11-12(14(17)18)16-7-6-15-11/h4-7H,1-3H3,(H,17,18). The number of ether oxygens (including phenoxy) is 2. The van der Waals surface area contributed by atoms with Gasteiger partial charge in [0.2, 0.25) is 0 Å². The molecule has 0 aliphatic heterocycles. The maximum Gasteiger partial charge on any atom is 0.356 e. The molecule has 0 amide bonds. The molecule has 0 aliphatic carbocycles. The summed E-state index contributed by atoms with van der Waals surface area (Å²) in [7, 11) is 3.08. The van der Waals surface area contributed by atoms with Crippen LogP contribution in [0.4, 0.5) is 0 Å². The summed E-state index contributed by atoms with van der Waals surface area (Å²) in [5.41, 5.74) is 1.49. The maximum absolute atomic E-state index is 11.2. The SMILES string of the molecule is COc1ccc(-c2nccnc2C(=O)O)c(OC)c1C. The maximum atomic E-state index is 11.2. The molecule has 1 heterocycles. The first-order valence-corrected chi connectivity index (χ1v) is 5.86. The van der Waals surface area contributed by atoms with E-state index in [2.05, 4.69) is 9.97 Å². The molecule has 2 aromatic rings. The smallest absolute Gasteiger partial charge is 0.356 e. The third-order valence-electron chi connectivity index (χ3n) is 2.94. The van der Waals surface area contributed by atoms with Gasteiger partial charge in [0.25, 0.3) is 0 Å². The van der Waals surface area contributed by atoms with Crippen LogP contribution in [-0.4, -0.2) is 35.3 Å². The molecule has 0 saturated carbocycles. The minimum Gasteiger partial charge on any atom is -0.496 e. The van der Waals surface area contributed by atoms with Gasteiger partial charge in [-0.2, -0.15) is 0 Å². The first-order valence-electron chi connectivity index (χ1n) is 5.86. The van der Waals surface area contributed by atoms with Gasteiger partial charge in [0.05, 0.1) is 14.2 Å². The lowest BCUT2D eigenvalue weighted by Crippen LogP contribution is -2.06. The van der Waals surface area contributed by atoms with Crippen LogP contribution >= 0.6 is 0 Å². The largest absolute Gasteiger partial charge is 0.496 e. The number of carboxylic acid groups (broad SMARTS) is 1. The molecule has 0 radical (unpaired) electrons. The summed E-state index contributed by atoms with van der Waals surface area (Å²) in [5.74, 6) is 0.0438. The summed E-state index contributed by atoms with van der Waals surface area (Å²) in [6.45, 7) is 1.83. The van der Waals surface area contributed by atoms with E-state index in [1.807, 2.05) is 6.92 Å². The monoisotopic (exact) mass is 274 g/mol. The van der Waals surface area contributed by atoms with Gasteiger partial charge in [0, 0.05) is 23.5 Å². The molecular formula is C14H14N2O4. The molecular weight excluding hydrogens is 260 g/mol. The van der Waals surface area contributed by atoms with E-state index in [1.165, 1.54) is 19.5 Å². The van der Waals surface area contributed by atoms with Crippen molar-refractivity contribution in [2.75, 3.05) is 14.2 Å². The van der Waals surface area contributed by atoms with Crippen LogP contribution in [0.15, 0.2) is 24.5 Å². The molecule has 20 heavy (non-hydrogen) atoms. The van der Waals surface area contributed by atoms with E-state index in [9.17, 15) is 9.90 Å². The van der Waals surface area contributed by atoms with Crippen LogP contribution in [0.1, 0.15) is 16.1 Å². The van der Waals surface area contributed by atoms with Crippen LogP contribution in [0.25, 0.3) is 11.3 Å². The Bertz CT molecular complexity index is 656. The number of hydrogen-bond acceptors (Lipinski definition) is 5. The first kappa shape index (κ1) is 13.8. The van der Waals surface area contributed by atoms with Crippen molar-refractivity contribution in [3.63, 3.8) is 0 Å². The second-order valence-corrected chi connectivity index (χ2v) is 4.03. The number of aromatic nitrogens is 2. The zero-order valence-electron chi connectivity index (χ0n) is 11.4. The van der Waals surface area contributed by atoms with Crippen LogP contribution in [0.5, 0.6) is 11.5 Å².